The molecule has 1 rings (SSSR count). The molecule has 0 heterocycles. The van der Waals surface area contributed by atoms with E-state index in [1.807, 2.05) is 18.0 Å². The second kappa shape index (κ2) is 3.79. The van der Waals surface area contributed by atoms with E-state index in [-0.39, 0.29) is 6.73 Å². The zero-order chi connectivity index (χ0) is 10.0. The van der Waals surface area contributed by atoms with Crippen LogP contribution in [-0.4, -0.2) is 18.9 Å². The molecule has 1 N–H and O–H groups in total. The van der Waals surface area contributed by atoms with E-state index in [0.717, 1.165) is 5.69 Å². The normalized spacial score (nSPS) is 10.2. The Kier molecular flexibility index (Phi) is 2.94. The third-order valence-corrected chi connectivity index (χ3v) is 2.65. The van der Waals surface area contributed by atoms with Crippen molar-refractivity contribution in [2.45, 2.75) is 20.8 Å². The van der Waals surface area contributed by atoms with Crippen LogP contribution in [0, 0.1) is 20.8 Å². The monoisotopic (exact) mass is 179 g/mol. The van der Waals surface area contributed by atoms with Gasteiger partial charge < -0.3 is 10.0 Å². The lowest BCUT2D eigenvalue weighted by Crippen LogP contribution is -2.19. The molecule has 0 aliphatic carbocycles. The molecule has 0 atom stereocenters. The summed E-state index contributed by atoms with van der Waals surface area (Å²) in [6.07, 6.45) is 0. The first-order valence-corrected chi connectivity index (χ1v) is 4.46. The summed E-state index contributed by atoms with van der Waals surface area (Å²) in [4.78, 5) is 1.84. The van der Waals surface area contributed by atoms with Crippen molar-refractivity contribution in [3.63, 3.8) is 0 Å². The van der Waals surface area contributed by atoms with Gasteiger partial charge in [-0.25, -0.2) is 0 Å². The van der Waals surface area contributed by atoms with Gasteiger partial charge in [-0.3, -0.25) is 0 Å². The SMILES string of the molecule is Cc1ccc(N(C)CO)c(C)c1C. The highest BCUT2D eigenvalue weighted by Crippen LogP contribution is 2.23. The van der Waals surface area contributed by atoms with Gasteiger partial charge in [-0.05, 0) is 43.5 Å². The van der Waals surface area contributed by atoms with Crippen LogP contribution in [-0.2, 0) is 0 Å². The van der Waals surface area contributed by atoms with Crippen LogP contribution < -0.4 is 4.90 Å². The number of aliphatic hydroxyl groups excluding tert-OH is 1. The van der Waals surface area contributed by atoms with Gasteiger partial charge in [0.2, 0.25) is 0 Å². The van der Waals surface area contributed by atoms with E-state index < -0.39 is 0 Å². The molecule has 0 aromatic heterocycles. The third-order valence-electron chi connectivity index (χ3n) is 2.65. The molecular weight excluding hydrogens is 162 g/mol. The maximum atomic E-state index is 9.00. The molecule has 2 heteroatoms. The first-order valence-electron chi connectivity index (χ1n) is 4.46. The second-order valence-corrected chi connectivity index (χ2v) is 3.49. The summed E-state index contributed by atoms with van der Waals surface area (Å²) in [5.41, 5.74) is 4.95. The summed E-state index contributed by atoms with van der Waals surface area (Å²) in [6.45, 7) is 6.36. The Morgan fingerprint density at radius 2 is 1.77 bits per heavy atom. The first kappa shape index (κ1) is 10.1. The molecule has 72 valence electrons. The number of hydrogen-bond acceptors (Lipinski definition) is 2. The lowest BCUT2D eigenvalue weighted by molar-refractivity contribution is 0.298. The Morgan fingerprint density at radius 1 is 1.15 bits per heavy atom. The van der Waals surface area contributed by atoms with Gasteiger partial charge >= 0.3 is 0 Å². The topological polar surface area (TPSA) is 23.5 Å². The maximum absolute atomic E-state index is 9.00. The van der Waals surface area contributed by atoms with Crippen LogP contribution in [0.2, 0.25) is 0 Å². The largest absolute Gasteiger partial charge is 0.376 e. The van der Waals surface area contributed by atoms with Crippen molar-refractivity contribution in [2.24, 2.45) is 0 Å². The van der Waals surface area contributed by atoms with Gasteiger partial charge in [0.15, 0.2) is 0 Å². The Labute approximate surface area is 79.8 Å². The van der Waals surface area contributed by atoms with Crippen LogP contribution in [0.4, 0.5) is 5.69 Å². The number of benzene rings is 1. The van der Waals surface area contributed by atoms with Crippen LogP contribution in [0.15, 0.2) is 12.1 Å². The van der Waals surface area contributed by atoms with Crippen molar-refractivity contribution < 1.29 is 5.11 Å². The quantitative estimate of drug-likeness (QED) is 0.702. The Bertz CT molecular complexity index is 307. The van der Waals surface area contributed by atoms with E-state index in [1.165, 1.54) is 16.7 Å². The molecule has 0 aliphatic heterocycles. The molecule has 0 saturated heterocycles. The molecule has 1 aromatic rings. The standard InChI is InChI=1S/C11H17NO/c1-8-5-6-11(12(4)7-13)10(3)9(8)2/h5-6,13H,7H2,1-4H3. The molecule has 2 nitrogen and oxygen atoms in total. The highest BCUT2D eigenvalue weighted by atomic mass is 16.3. The summed E-state index contributed by atoms with van der Waals surface area (Å²) in [5, 5.41) is 9.00. The van der Waals surface area contributed by atoms with Crippen molar-refractivity contribution in [3.05, 3.63) is 28.8 Å². The summed E-state index contributed by atoms with van der Waals surface area (Å²) >= 11 is 0. The molecule has 0 spiro atoms. The van der Waals surface area contributed by atoms with Gasteiger partial charge in [0.25, 0.3) is 0 Å². The summed E-state index contributed by atoms with van der Waals surface area (Å²) in [6, 6.07) is 4.14. The molecular formula is C11H17NO. The lowest BCUT2D eigenvalue weighted by Gasteiger charge is -2.20. The van der Waals surface area contributed by atoms with E-state index in [9.17, 15) is 0 Å². The minimum Gasteiger partial charge on any atom is -0.376 e. The highest BCUT2D eigenvalue weighted by Gasteiger charge is 2.06. The fourth-order valence-electron chi connectivity index (χ4n) is 1.43. The molecule has 0 unspecified atom stereocenters. The minimum absolute atomic E-state index is 0.0589. The van der Waals surface area contributed by atoms with E-state index >= 15 is 0 Å². The average molecular weight is 179 g/mol. The van der Waals surface area contributed by atoms with E-state index in [2.05, 4.69) is 26.8 Å². The Morgan fingerprint density at radius 3 is 2.31 bits per heavy atom. The summed E-state index contributed by atoms with van der Waals surface area (Å²) in [7, 11) is 1.89. The van der Waals surface area contributed by atoms with Crippen LogP contribution in [0.25, 0.3) is 0 Å². The van der Waals surface area contributed by atoms with Gasteiger partial charge in [-0.1, -0.05) is 6.07 Å². The number of nitrogens with zero attached hydrogens (tertiary/aromatic N) is 1. The molecule has 1 aromatic carbocycles. The predicted octanol–water partition coefficient (Wildman–Crippen LogP) is 2.00. The molecule has 13 heavy (non-hydrogen) atoms. The van der Waals surface area contributed by atoms with Crippen LogP contribution in [0.5, 0.6) is 0 Å². The maximum Gasteiger partial charge on any atom is 0.115 e. The Balaban J connectivity index is 3.18. The van der Waals surface area contributed by atoms with E-state index in [4.69, 9.17) is 5.11 Å². The highest BCUT2D eigenvalue weighted by molar-refractivity contribution is 5.57. The van der Waals surface area contributed by atoms with Crippen molar-refractivity contribution in [1.29, 1.82) is 0 Å². The predicted molar refractivity (Wildman–Crippen MR) is 56.1 cm³/mol. The summed E-state index contributed by atoms with van der Waals surface area (Å²) in [5.74, 6) is 0. The van der Waals surface area contributed by atoms with Crippen molar-refractivity contribution in [3.8, 4) is 0 Å². The number of rotatable bonds is 2. The molecule has 0 radical (unpaired) electrons. The molecule has 0 saturated carbocycles. The van der Waals surface area contributed by atoms with Gasteiger partial charge in [0.1, 0.15) is 6.73 Å². The Hall–Kier alpha value is -1.02. The third kappa shape index (κ3) is 1.83. The van der Waals surface area contributed by atoms with Crippen molar-refractivity contribution >= 4 is 5.69 Å². The van der Waals surface area contributed by atoms with Gasteiger partial charge in [0.05, 0.1) is 0 Å². The van der Waals surface area contributed by atoms with Gasteiger partial charge in [-0.2, -0.15) is 0 Å². The van der Waals surface area contributed by atoms with E-state index in [0.29, 0.717) is 0 Å². The molecule has 0 aliphatic rings. The number of hydrogen-bond donors (Lipinski definition) is 1. The zero-order valence-electron chi connectivity index (χ0n) is 8.76. The fourth-order valence-corrected chi connectivity index (χ4v) is 1.43. The molecule has 0 bridgehead atoms. The molecule has 0 amide bonds. The minimum atomic E-state index is 0.0589. The smallest absolute Gasteiger partial charge is 0.115 e. The number of anilines is 1. The van der Waals surface area contributed by atoms with Crippen molar-refractivity contribution in [2.75, 3.05) is 18.7 Å². The first-order chi connectivity index (χ1) is 6.07. The summed E-state index contributed by atoms with van der Waals surface area (Å²) < 4.78 is 0. The van der Waals surface area contributed by atoms with E-state index in [1.54, 1.807) is 0 Å². The van der Waals surface area contributed by atoms with Crippen molar-refractivity contribution in [1.82, 2.24) is 0 Å². The number of aryl methyl sites for hydroxylation is 1. The fraction of sp³-hybridized carbons (Fsp3) is 0.455. The lowest BCUT2D eigenvalue weighted by atomic mass is 10.0. The number of aliphatic hydroxyl groups is 1. The van der Waals surface area contributed by atoms with Crippen LogP contribution >= 0.6 is 0 Å². The van der Waals surface area contributed by atoms with Crippen LogP contribution in [0.1, 0.15) is 16.7 Å². The van der Waals surface area contributed by atoms with Gasteiger partial charge in [0, 0.05) is 12.7 Å². The van der Waals surface area contributed by atoms with Crippen LogP contribution in [0.3, 0.4) is 0 Å². The average Bonchev–Trinajstić information content (AvgIpc) is 2.13. The second-order valence-electron chi connectivity index (χ2n) is 3.49. The molecule has 0 fully saturated rings. The van der Waals surface area contributed by atoms with Gasteiger partial charge in [-0.15, -0.1) is 0 Å². The zero-order valence-corrected chi connectivity index (χ0v) is 8.76.